The van der Waals surface area contributed by atoms with Gasteiger partial charge in [0.2, 0.25) is 0 Å². The zero-order valence-electron chi connectivity index (χ0n) is 8.93. The van der Waals surface area contributed by atoms with Crippen molar-refractivity contribution < 1.29 is 8.78 Å². The molecule has 3 aromatic rings. The van der Waals surface area contributed by atoms with Crippen molar-refractivity contribution in [1.82, 2.24) is 4.98 Å². The molecule has 3 rings (SSSR count). The predicted octanol–water partition coefficient (Wildman–Crippen LogP) is 3.72. The SMILES string of the molecule is O=c1c2ccc(Br)cc2[nH]c2c(F)cc(F)cc12. The number of hydrogen-bond donors (Lipinski definition) is 1. The molecule has 0 unspecified atom stereocenters. The Morgan fingerprint density at radius 2 is 1.83 bits per heavy atom. The van der Waals surface area contributed by atoms with Crippen LogP contribution in [-0.4, -0.2) is 4.98 Å². The summed E-state index contributed by atoms with van der Waals surface area (Å²) in [6.07, 6.45) is 0. The Hall–Kier alpha value is -1.75. The maximum atomic E-state index is 13.6. The quantitative estimate of drug-likeness (QED) is 0.631. The Kier molecular flexibility index (Phi) is 2.45. The van der Waals surface area contributed by atoms with E-state index in [0.29, 0.717) is 10.9 Å². The van der Waals surface area contributed by atoms with E-state index >= 15 is 0 Å². The number of rotatable bonds is 0. The van der Waals surface area contributed by atoms with E-state index in [-0.39, 0.29) is 16.3 Å². The fourth-order valence-corrected chi connectivity index (χ4v) is 2.34. The van der Waals surface area contributed by atoms with Crippen LogP contribution in [0.1, 0.15) is 0 Å². The highest BCUT2D eigenvalue weighted by Gasteiger charge is 2.10. The van der Waals surface area contributed by atoms with Crippen LogP contribution in [0.4, 0.5) is 8.78 Å². The Labute approximate surface area is 108 Å². The van der Waals surface area contributed by atoms with Crippen LogP contribution in [0.15, 0.2) is 39.6 Å². The number of hydrogen-bond acceptors (Lipinski definition) is 1. The Bertz CT molecular complexity index is 842. The smallest absolute Gasteiger partial charge is 0.197 e. The molecule has 1 N–H and O–H groups in total. The van der Waals surface area contributed by atoms with Crippen molar-refractivity contribution in [2.45, 2.75) is 0 Å². The normalized spacial score (nSPS) is 11.3. The van der Waals surface area contributed by atoms with Crippen LogP contribution >= 0.6 is 15.9 Å². The van der Waals surface area contributed by atoms with Gasteiger partial charge in [-0.15, -0.1) is 0 Å². The summed E-state index contributed by atoms with van der Waals surface area (Å²) >= 11 is 3.28. The number of halogens is 3. The number of benzene rings is 2. The molecule has 90 valence electrons. The molecule has 0 aliphatic heterocycles. The highest BCUT2D eigenvalue weighted by molar-refractivity contribution is 9.10. The lowest BCUT2D eigenvalue weighted by Gasteiger charge is -2.04. The molecule has 5 heteroatoms. The van der Waals surface area contributed by atoms with Crippen LogP contribution in [0, 0.1) is 11.6 Å². The van der Waals surface area contributed by atoms with Crippen LogP contribution in [-0.2, 0) is 0 Å². The summed E-state index contributed by atoms with van der Waals surface area (Å²) in [5.41, 5.74) is 0.143. The second-order valence-electron chi connectivity index (χ2n) is 3.95. The zero-order valence-corrected chi connectivity index (χ0v) is 10.5. The van der Waals surface area contributed by atoms with Crippen molar-refractivity contribution in [3.8, 4) is 0 Å². The maximum Gasteiger partial charge on any atom is 0.197 e. The molecular weight excluding hydrogens is 304 g/mol. The van der Waals surface area contributed by atoms with Crippen LogP contribution in [0.3, 0.4) is 0 Å². The average Bonchev–Trinajstić information content (AvgIpc) is 2.31. The van der Waals surface area contributed by atoms with Crippen molar-refractivity contribution in [1.29, 1.82) is 0 Å². The molecule has 0 saturated carbocycles. The van der Waals surface area contributed by atoms with Gasteiger partial charge in [-0.05, 0) is 24.3 Å². The first-order chi connectivity index (χ1) is 8.56. The lowest BCUT2D eigenvalue weighted by Crippen LogP contribution is -2.05. The van der Waals surface area contributed by atoms with Gasteiger partial charge in [0.05, 0.1) is 16.4 Å². The number of pyridine rings is 1. The molecule has 0 fully saturated rings. The van der Waals surface area contributed by atoms with Crippen molar-refractivity contribution in [2.24, 2.45) is 0 Å². The molecule has 2 aromatic carbocycles. The third-order valence-corrected chi connectivity index (χ3v) is 3.28. The van der Waals surface area contributed by atoms with Gasteiger partial charge in [0.1, 0.15) is 11.6 Å². The minimum absolute atomic E-state index is 0.0160. The monoisotopic (exact) mass is 309 g/mol. The molecule has 0 spiro atoms. The average molecular weight is 310 g/mol. The Morgan fingerprint density at radius 1 is 1.06 bits per heavy atom. The van der Waals surface area contributed by atoms with Gasteiger partial charge < -0.3 is 4.98 Å². The number of aromatic amines is 1. The van der Waals surface area contributed by atoms with E-state index in [1.807, 2.05) is 0 Å². The summed E-state index contributed by atoms with van der Waals surface area (Å²) in [5.74, 6) is -1.54. The Balaban J connectivity index is 2.61. The largest absolute Gasteiger partial charge is 0.352 e. The first kappa shape index (κ1) is 11.3. The minimum atomic E-state index is -0.774. The van der Waals surface area contributed by atoms with E-state index < -0.39 is 11.6 Å². The summed E-state index contributed by atoms with van der Waals surface area (Å²) in [6.45, 7) is 0. The van der Waals surface area contributed by atoms with E-state index in [1.54, 1.807) is 18.2 Å². The molecule has 0 aliphatic carbocycles. The summed E-state index contributed by atoms with van der Waals surface area (Å²) in [5, 5.41) is 0.415. The van der Waals surface area contributed by atoms with Crippen molar-refractivity contribution in [2.75, 3.05) is 0 Å². The maximum absolute atomic E-state index is 13.6. The van der Waals surface area contributed by atoms with Gasteiger partial charge in [-0.2, -0.15) is 0 Å². The molecule has 0 radical (unpaired) electrons. The summed E-state index contributed by atoms with van der Waals surface area (Å²) in [4.78, 5) is 14.9. The van der Waals surface area contributed by atoms with E-state index in [4.69, 9.17) is 0 Å². The molecule has 0 saturated heterocycles. The second-order valence-corrected chi connectivity index (χ2v) is 4.87. The van der Waals surface area contributed by atoms with Crippen molar-refractivity contribution >= 4 is 37.7 Å². The van der Waals surface area contributed by atoms with Crippen LogP contribution in [0.25, 0.3) is 21.8 Å². The van der Waals surface area contributed by atoms with Crippen LogP contribution < -0.4 is 5.43 Å². The third kappa shape index (κ3) is 1.62. The predicted molar refractivity (Wildman–Crippen MR) is 69.7 cm³/mol. The van der Waals surface area contributed by atoms with Gasteiger partial charge in [0, 0.05) is 15.9 Å². The molecule has 0 atom stereocenters. The van der Waals surface area contributed by atoms with Gasteiger partial charge >= 0.3 is 0 Å². The Morgan fingerprint density at radius 3 is 2.61 bits per heavy atom. The molecular formula is C13H6BrF2NO. The van der Waals surface area contributed by atoms with E-state index in [0.717, 1.165) is 16.6 Å². The van der Waals surface area contributed by atoms with E-state index in [2.05, 4.69) is 20.9 Å². The zero-order chi connectivity index (χ0) is 12.9. The number of H-pyrrole nitrogens is 1. The molecule has 2 nitrogen and oxygen atoms in total. The van der Waals surface area contributed by atoms with Crippen LogP contribution in [0.2, 0.25) is 0 Å². The first-order valence-corrected chi connectivity index (χ1v) is 5.96. The highest BCUT2D eigenvalue weighted by atomic mass is 79.9. The lowest BCUT2D eigenvalue weighted by atomic mass is 10.1. The third-order valence-electron chi connectivity index (χ3n) is 2.79. The number of fused-ring (bicyclic) bond motifs is 2. The molecule has 0 bridgehead atoms. The fourth-order valence-electron chi connectivity index (χ4n) is 1.98. The lowest BCUT2D eigenvalue weighted by molar-refractivity contribution is 0.590. The molecule has 18 heavy (non-hydrogen) atoms. The molecule has 0 aliphatic rings. The van der Waals surface area contributed by atoms with Gasteiger partial charge in [0.25, 0.3) is 0 Å². The highest BCUT2D eigenvalue weighted by Crippen LogP contribution is 2.21. The topological polar surface area (TPSA) is 32.9 Å². The molecule has 1 aromatic heterocycles. The fraction of sp³-hybridized carbons (Fsp3) is 0. The van der Waals surface area contributed by atoms with E-state index in [1.165, 1.54) is 0 Å². The van der Waals surface area contributed by atoms with Crippen LogP contribution in [0.5, 0.6) is 0 Å². The summed E-state index contributed by atoms with van der Waals surface area (Å²) < 4.78 is 27.5. The van der Waals surface area contributed by atoms with Gasteiger partial charge in [-0.1, -0.05) is 15.9 Å². The minimum Gasteiger partial charge on any atom is -0.352 e. The molecule has 0 amide bonds. The van der Waals surface area contributed by atoms with E-state index in [9.17, 15) is 13.6 Å². The second kappa shape index (κ2) is 3.88. The number of nitrogens with one attached hydrogen (secondary N) is 1. The standard InChI is InChI=1S/C13H6BrF2NO/c14-6-1-2-8-11(3-6)17-12-9(13(8)18)4-7(15)5-10(12)16/h1-5H,(H,17,18). The summed E-state index contributed by atoms with van der Waals surface area (Å²) in [7, 11) is 0. The van der Waals surface area contributed by atoms with Crippen molar-refractivity contribution in [3.05, 3.63) is 56.7 Å². The summed E-state index contributed by atoms with van der Waals surface area (Å²) in [6, 6.07) is 6.79. The molecule has 1 heterocycles. The van der Waals surface area contributed by atoms with Gasteiger partial charge in [-0.25, -0.2) is 8.78 Å². The van der Waals surface area contributed by atoms with Gasteiger partial charge in [-0.3, -0.25) is 4.79 Å². The van der Waals surface area contributed by atoms with Crippen molar-refractivity contribution in [3.63, 3.8) is 0 Å². The van der Waals surface area contributed by atoms with Gasteiger partial charge in [0.15, 0.2) is 5.43 Å². The first-order valence-electron chi connectivity index (χ1n) is 5.16. The number of aromatic nitrogens is 1.